The van der Waals surface area contributed by atoms with Crippen molar-refractivity contribution in [2.45, 2.75) is 64.4 Å². The van der Waals surface area contributed by atoms with Crippen molar-refractivity contribution < 1.29 is 19.1 Å². The van der Waals surface area contributed by atoms with E-state index in [2.05, 4.69) is 0 Å². The van der Waals surface area contributed by atoms with Crippen molar-refractivity contribution >= 4 is 17.5 Å². The lowest BCUT2D eigenvalue weighted by Crippen LogP contribution is -2.45. The molecule has 4 nitrogen and oxygen atoms in total. The second-order valence-electron chi connectivity index (χ2n) is 4.46. The van der Waals surface area contributed by atoms with Gasteiger partial charge in [0.2, 0.25) is 5.60 Å². The van der Waals surface area contributed by atoms with Gasteiger partial charge in [0.15, 0.2) is 11.6 Å². The minimum absolute atomic E-state index is 0.191. The molecule has 0 spiro atoms. The second kappa shape index (κ2) is 5.94. The van der Waals surface area contributed by atoms with Crippen molar-refractivity contribution in [2.75, 3.05) is 0 Å². The summed E-state index contributed by atoms with van der Waals surface area (Å²) in [5, 5.41) is 0. The molecule has 0 unspecified atom stereocenters. The van der Waals surface area contributed by atoms with Crippen LogP contribution >= 0.6 is 0 Å². The maximum atomic E-state index is 11.9. The normalized spacial score (nSPS) is 18.5. The van der Waals surface area contributed by atoms with E-state index in [9.17, 15) is 14.4 Å². The number of carbonyl (C=O) groups excluding carboxylic acids is 3. The summed E-state index contributed by atoms with van der Waals surface area (Å²) in [6.45, 7) is 3.70. The number of hydrogen-bond donors (Lipinski definition) is 0. The Bertz CT molecular complexity index is 303. The van der Waals surface area contributed by atoms with Gasteiger partial charge in [-0.15, -0.1) is 0 Å². The molecule has 1 rings (SSSR count). The van der Waals surface area contributed by atoms with Crippen molar-refractivity contribution in [3.05, 3.63) is 0 Å². The number of esters is 1. The lowest BCUT2D eigenvalue weighted by molar-refractivity contribution is -0.170. The van der Waals surface area contributed by atoms with Crippen LogP contribution in [-0.4, -0.2) is 23.1 Å². The van der Waals surface area contributed by atoms with Crippen LogP contribution in [0.4, 0.5) is 0 Å². The van der Waals surface area contributed by atoms with E-state index in [-0.39, 0.29) is 30.8 Å². The third-order valence-corrected chi connectivity index (χ3v) is 3.19. The fourth-order valence-electron chi connectivity index (χ4n) is 2.12. The molecular weight excluding hydrogens is 220 g/mol. The summed E-state index contributed by atoms with van der Waals surface area (Å²) >= 11 is 0. The molecule has 0 aliphatic heterocycles. The van der Waals surface area contributed by atoms with Gasteiger partial charge in [0.05, 0.1) is 0 Å². The van der Waals surface area contributed by atoms with Crippen molar-refractivity contribution in [1.82, 2.24) is 0 Å². The number of Topliss-reactive ketones (excluding diaryl/α,β-unsaturated/α-hetero) is 2. The average Bonchev–Trinajstić information content (AvgIpc) is 2.58. The van der Waals surface area contributed by atoms with Gasteiger partial charge in [-0.3, -0.25) is 14.4 Å². The second-order valence-corrected chi connectivity index (χ2v) is 4.46. The molecule has 1 aliphatic carbocycles. The fourth-order valence-corrected chi connectivity index (χ4v) is 2.12. The molecule has 0 atom stereocenters. The van der Waals surface area contributed by atoms with Crippen LogP contribution in [0.2, 0.25) is 0 Å². The highest BCUT2D eigenvalue weighted by Gasteiger charge is 2.52. The lowest BCUT2D eigenvalue weighted by Gasteiger charge is -2.25. The van der Waals surface area contributed by atoms with Crippen LogP contribution in [0, 0.1) is 0 Å². The quantitative estimate of drug-likeness (QED) is 0.405. The third-order valence-electron chi connectivity index (χ3n) is 3.19. The van der Waals surface area contributed by atoms with E-state index in [0.29, 0.717) is 6.42 Å². The largest absolute Gasteiger partial charge is 0.443 e. The Balaban J connectivity index is 2.80. The predicted octanol–water partition coefficient (Wildman–Crippen LogP) is 2.19. The summed E-state index contributed by atoms with van der Waals surface area (Å²) in [6, 6.07) is 0. The lowest BCUT2D eigenvalue weighted by atomic mass is 9.92. The molecule has 1 aliphatic rings. The van der Waals surface area contributed by atoms with E-state index in [1.54, 1.807) is 6.92 Å². The van der Waals surface area contributed by atoms with Gasteiger partial charge in [-0.25, -0.2) is 0 Å². The molecule has 0 bridgehead atoms. The first kappa shape index (κ1) is 13.9. The molecule has 0 saturated heterocycles. The molecule has 0 aromatic rings. The first-order valence-electron chi connectivity index (χ1n) is 6.35. The topological polar surface area (TPSA) is 60.4 Å². The summed E-state index contributed by atoms with van der Waals surface area (Å²) in [4.78, 5) is 35.1. The molecule has 0 aromatic heterocycles. The summed E-state index contributed by atoms with van der Waals surface area (Å²) in [7, 11) is 0. The van der Waals surface area contributed by atoms with Gasteiger partial charge >= 0.3 is 5.97 Å². The molecule has 0 heterocycles. The monoisotopic (exact) mass is 240 g/mol. The third kappa shape index (κ3) is 2.93. The molecular formula is C13H20O4. The van der Waals surface area contributed by atoms with Crippen LogP contribution < -0.4 is 0 Å². The van der Waals surface area contributed by atoms with E-state index in [0.717, 1.165) is 19.3 Å². The first-order chi connectivity index (χ1) is 8.06. The van der Waals surface area contributed by atoms with Crippen molar-refractivity contribution in [3.63, 3.8) is 0 Å². The number of unbranched alkanes of at least 4 members (excludes halogenated alkanes) is 2. The number of ketones is 2. The van der Waals surface area contributed by atoms with Crippen LogP contribution in [0.1, 0.15) is 58.8 Å². The van der Waals surface area contributed by atoms with Gasteiger partial charge in [-0.2, -0.15) is 0 Å². The molecule has 17 heavy (non-hydrogen) atoms. The van der Waals surface area contributed by atoms with Crippen molar-refractivity contribution in [3.8, 4) is 0 Å². The van der Waals surface area contributed by atoms with E-state index in [4.69, 9.17) is 4.74 Å². The Morgan fingerprint density at radius 1 is 1.18 bits per heavy atom. The number of rotatable bonds is 6. The molecule has 96 valence electrons. The fraction of sp³-hybridized carbons (Fsp3) is 0.769. The molecule has 1 saturated carbocycles. The zero-order valence-electron chi connectivity index (χ0n) is 10.6. The summed E-state index contributed by atoms with van der Waals surface area (Å²) in [6.07, 6.45) is 3.64. The minimum atomic E-state index is -1.44. The highest BCUT2D eigenvalue weighted by molar-refractivity contribution is 6.17. The number of hydrogen-bond acceptors (Lipinski definition) is 4. The molecule has 0 aromatic carbocycles. The standard InChI is InChI=1S/C13H20O4/c1-3-5-6-9-13(17-12(16)4-2)10(14)7-8-11(13)15/h3-9H2,1-2H3. The summed E-state index contributed by atoms with van der Waals surface area (Å²) in [5.74, 6) is -0.911. The Kier molecular flexibility index (Phi) is 4.85. The molecule has 0 amide bonds. The van der Waals surface area contributed by atoms with Crippen LogP contribution in [0.5, 0.6) is 0 Å². The Morgan fingerprint density at radius 2 is 1.76 bits per heavy atom. The molecule has 1 fully saturated rings. The highest BCUT2D eigenvalue weighted by atomic mass is 16.6. The maximum absolute atomic E-state index is 11.9. The van der Waals surface area contributed by atoms with E-state index < -0.39 is 11.6 Å². The maximum Gasteiger partial charge on any atom is 0.306 e. The zero-order valence-corrected chi connectivity index (χ0v) is 10.6. The van der Waals surface area contributed by atoms with E-state index in [1.165, 1.54) is 0 Å². The van der Waals surface area contributed by atoms with E-state index >= 15 is 0 Å². The van der Waals surface area contributed by atoms with Crippen molar-refractivity contribution in [1.29, 1.82) is 0 Å². The zero-order chi connectivity index (χ0) is 12.9. The first-order valence-corrected chi connectivity index (χ1v) is 6.35. The Labute approximate surface area is 102 Å². The smallest absolute Gasteiger partial charge is 0.306 e. The molecule has 0 N–H and O–H groups in total. The minimum Gasteiger partial charge on any atom is -0.443 e. The average molecular weight is 240 g/mol. The van der Waals surface area contributed by atoms with Crippen LogP contribution in [0.15, 0.2) is 0 Å². The molecule has 4 heteroatoms. The Morgan fingerprint density at radius 3 is 2.24 bits per heavy atom. The summed E-state index contributed by atoms with van der Waals surface area (Å²) in [5.41, 5.74) is -1.44. The van der Waals surface area contributed by atoms with Crippen LogP contribution in [0.25, 0.3) is 0 Å². The molecule has 0 radical (unpaired) electrons. The van der Waals surface area contributed by atoms with Gasteiger partial charge in [-0.05, 0) is 6.42 Å². The predicted molar refractivity (Wildman–Crippen MR) is 62.5 cm³/mol. The van der Waals surface area contributed by atoms with E-state index in [1.807, 2.05) is 6.92 Å². The SMILES string of the molecule is CCCCCC1(OC(=O)CC)C(=O)CCC1=O. The van der Waals surface area contributed by atoms with Gasteiger partial charge in [0.1, 0.15) is 0 Å². The van der Waals surface area contributed by atoms with Crippen molar-refractivity contribution in [2.24, 2.45) is 0 Å². The van der Waals surface area contributed by atoms with Crippen LogP contribution in [0.3, 0.4) is 0 Å². The summed E-state index contributed by atoms with van der Waals surface area (Å²) < 4.78 is 5.18. The van der Waals surface area contributed by atoms with Gasteiger partial charge in [-0.1, -0.05) is 26.7 Å². The number of ether oxygens (including phenoxy) is 1. The van der Waals surface area contributed by atoms with Gasteiger partial charge in [0.25, 0.3) is 0 Å². The Hall–Kier alpha value is -1.19. The number of carbonyl (C=O) groups is 3. The highest BCUT2D eigenvalue weighted by Crippen LogP contribution is 2.32. The van der Waals surface area contributed by atoms with Gasteiger partial charge in [0, 0.05) is 25.7 Å². The van der Waals surface area contributed by atoms with Crippen LogP contribution in [-0.2, 0) is 19.1 Å². The van der Waals surface area contributed by atoms with Gasteiger partial charge < -0.3 is 4.74 Å².